The number of morpholine rings is 1. The van der Waals surface area contributed by atoms with Gasteiger partial charge in [0.2, 0.25) is 0 Å². The molecule has 1 unspecified atom stereocenters. The van der Waals surface area contributed by atoms with Crippen molar-refractivity contribution in [2.24, 2.45) is 7.05 Å². The largest absolute Gasteiger partial charge is 0.394 e. The summed E-state index contributed by atoms with van der Waals surface area (Å²) in [4.78, 5) is 14.5. The van der Waals surface area contributed by atoms with Crippen molar-refractivity contribution in [2.45, 2.75) is 6.04 Å². The number of amides is 1. The van der Waals surface area contributed by atoms with Gasteiger partial charge >= 0.3 is 0 Å². The van der Waals surface area contributed by atoms with Crippen LogP contribution in [0.15, 0.2) is 30.5 Å². The van der Waals surface area contributed by atoms with Gasteiger partial charge in [-0.15, -0.1) is 0 Å². The number of aromatic nitrogens is 1. The summed E-state index contributed by atoms with van der Waals surface area (Å²) < 4.78 is 7.32. The number of nitrogens with zero attached hydrogens (tertiary/aromatic N) is 2. The molecule has 5 heteroatoms. The zero-order valence-electron chi connectivity index (χ0n) is 11.5. The molecule has 1 aliphatic rings. The van der Waals surface area contributed by atoms with Gasteiger partial charge in [-0.1, -0.05) is 6.07 Å². The third-order valence-corrected chi connectivity index (χ3v) is 3.86. The first kappa shape index (κ1) is 13.1. The smallest absolute Gasteiger partial charge is 0.255 e. The monoisotopic (exact) mass is 274 g/mol. The lowest BCUT2D eigenvalue weighted by atomic mass is 10.1. The normalized spacial score (nSPS) is 19.5. The predicted molar refractivity (Wildman–Crippen MR) is 75.6 cm³/mol. The van der Waals surface area contributed by atoms with Crippen molar-refractivity contribution < 1.29 is 14.6 Å². The Morgan fingerprint density at radius 1 is 1.45 bits per heavy atom. The van der Waals surface area contributed by atoms with Crippen molar-refractivity contribution >= 4 is 16.8 Å². The maximum atomic E-state index is 12.7. The lowest BCUT2D eigenvalue weighted by Gasteiger charge is -2.34. The zero-order chi connectivity index (χ0) is 14.1. The fourth-order valence-electron chi connectivity index (χ4n) is 2.72. The van der Waals surface area contributed by atoms with E-state index >= 15 is 0 Å². The minimum atomic E-state index is -0.254. The van der Waals surface area contributed by atoms with E-state index < -0.39 is 0 Å². The van der Waals surface area contributed by atoms with Crippen LogP contribution in [0.3, 0.4) is 0 Å². The molecular formula is C15H18N2O3. The molecule has 1 aromatic heterocycles. The molecule has 3 rings (SSSR count). The molecule has 0 aliphatic carbocycles. The minimum absolute atomic E-state index is 0.0378. The summed E-state index contributed by atoms with van der Waals surface area (Å²) in [6.45, 7) is 1.36. The van der Waals surface area contributed by atoms with Crippen molar-refractivity contribution in [1.29, 1.82) is 0 Å². The number of fused-ring (bicyclic) bond motifs is 1. The van der Waals surface area contributed by atoms with Crippen LogP contribution < -0.4 is 0 Å². The van der Waals surface area contributed by atoms with Gasteiger partial charge in [-0.05, 0) is 18.2 Å². The Bertz CT molecular complexity index is 635. The fraction of sp³-hybridized carbons (Fsp3) is 0.400. The maximum Gasteiger partial charge on any atom is 0.255 e. The Morgan fingerprint density at radius 2 is 2.30 bits per heavy atom. The lowest BCUT2D eigenvalue weighted by Crippen LogP contribution is -2.50. The molecule has 106 valence electrons. The van der Waals surface area contributed by atoms with Gasteiger partial charge in [-0.3, -0.25) is 4.79 Å². The maximum absolute atomic E-state index is 12.7. The predicted octanol–water partition coefficient (Wildman–Crippen LogP) is 1.01. The molecule has 1 atom stereocenters. The van der Waals surface area contributed by atoms with Crippen molar-refractivity contribution in [2.75, 3.05) is 26.4 Å². The number of hydrogen-bond donors (Lipinski definition) is 1. The van der Waals surface area contributed by atoms with Crippen molar-refractivity contribution in [1.82, 2.24) is 9.47 Å². The first-order valence-corrected chi connectivity index (χ1v) is 6.76. The van der Waals surface area contributed by atoms with E-state index in [4.69, 9.17) is 4.74 Å². The van der Waals surface area contributed by atoms with Crippen LogP contribution >= 0.6 is 0 Å². The van der Waals surface area contributed by atoms with Gasteiger partial charge < -0.3 is 19.3 Å². The number of aryl methyl sites for hydroxylation is 1. The Hall–Kier alpha value is -1.85. The summed E-state index contributed by atoms with van der Waals surface area (Å²) in [5.74, 6) is -0.0378. The Morgan fingerprint density at radius 3 is 3.10 bits per heavy atom. The van der Waals surface area contributed by atoms with Crippen LogP contribution in [0, 0.1) is 0 Å². The molecule has 2 aromatic rings. The highest BCUT2D eigenvalue weighted by atomic mass is 16.5. The van der Waals surface area contributed by atoms with Crippen molar-refractivity contribution in [3.8, 4) is 0 Å². The Labute approximate surface area is 117 Å². The molecule has 2 heterocycles. The van der Waals surface area contributed by atoms with E-state index in [1.54, 1.807) is 4.90 Å². The molecule has 1 saturated heterocycles. The number of aliphatic hydroxyl groups is 1. The number of benzene rings is 1. The summed E-state index contributed by atoms with van der Waals surface area (Å²) in [7, 11) is 1.96. The summed E-state index contributed by atoms with van der Waals surface area (Å²) in [5.41, 5.74) is 1.72. The van der Waals surface area contributed by atoms with Gasteiger partial charge in [0.1, 0.15) is 0 Å². The molecule has 1 N–H and O–H groups in total. The SMILES string of the molecule is Cn1ccc2c(C(=O)N3CCOCC3CO)cccc21. The average molecular weight is 274 g/mol. The van der Waals surface area contributed by atoms with E-state index in [2.05, 4.69) is 0 Å². The van der Waals surface area contributed by atoms with Crippen molar-refractivity contribution in [3.63, 3.8) is 0 Å². The highest BCUT2D eigenvalue weighted by Crippen LogP contribution is 2.22. The topological polar surface area (TPSA) is 54.7 Å². The van der Waals surface area contributed by atoms with Gasteiger partial charge in [0.25, 0.3) is 5.91 Å². The van der Waals surface area contributed by atoms with E-state index in [1.807, 2.05) is 42.1 Å². The standard InChI is InChI=1S/C15H18N2O3/c1-16-6-5-12-13(3-2-4-14(12)16)15(19)17-7-8-20-10-11(17)9-18/h2-6,11,18H,7-10H2,1H3. The highest BCUT2D eigenvalue weighted by Gasteiger charge is 2.28. The van der Waals surface area contributed by atoms with E-state index in [0.717, 1.165) is 10.9 Å². The van der Waals surface area contributed by atoms with Gasteiger partial charge in [0.05, 0.1) is 25.9 Å². The Balaban J connectivity index is 1.99. The van der Waals surface area contributed by atoms with Gasteiger partial charge in [0.15, 0.2) is 0 Å². The van der Waals surface area contributed by atoms with E-state index in [-0.39, 0.29) is 18.6 Å². The average Bonchev–Trinajstić information content (AvgIpc) is 2.88. The van der Waals surface area contributed by atoms with E-state index in [1.165, 1.54) is 0 Å². The summed E-state index contributed by atoms with van der Waals surface area (Å²) in [6.07, 6.45) is 1.95. The number of hydrogen-bond acceptors (Lipinski definition) is 3. The van der Waals surface area contributed by atoms with Crippen LogP contribution in [-0.4, -0.2) is 52.9 Å². The summed E-state index contributed by atoms with van der Waals surface area (Å²) in [6, 6.07) is 7.43. The van der Waals surface area contributed by atoms with Crippen molar-refractivity contribution in [3.05, 3.63) is 36.0 Å². The van der Waals surface area contributed by atoms with Gasteiger partial charge in [-0.2, -0.15) is 0 Å². The van der Waals surface area contributed by atoms with E-state index in [9.17, 15) is 9.90 Å². The number of ether oxygens (including phenoxy) is 1. The number of rotatable bonds is 2. The van der Waals surface area contributed by atoms with Crippen LogP contribution in [0.4, 0.5) is 0 Å². The molecule has 0 saturated carbocycles. The van der Waals surface area contributed by atoms with Crippen LogP contribution in [-0.2, 0) is 11.8 Å². The second kappa shape index (κ2) is 5.26. The number of carbonyl (C=O) groups is 1. The van der Waals surface area contributed by atoms with Crippen LogP contribution in [0.25, 0.3) is 10.9 Å². The first-order valence-electron chi connectivity index (χ1n) is 6.76. The number of carbonyl (C=O) groups excluding carboxylic acids is 1. The molecule has 1 amide bonds. The molecule has 1 aliphatic heterocycles. The molecule has 0 radical (unpaired) electrons. The third-order valence-electron chi connectivity index (χ3n) is 3.86. The van der Waals surface area contributed by atoms with Crippen LogP contribution in [0.2, 0.25) is 0 Å². The molecule has 5 nitrogen and oxygen atoms in total. The number of aliphatic hydroxyl groups excluding tert-OH is 1. The quantitative estimate of drug-likeness (QED) is 0.889. The zero-order valence-corrected chi connectivity index (χ0v) is 11.5. The van der Waals surface area contributed by atoms with E-state index in [0.29, 0.717) is 25.3 Å². The molecule has 0 spiro atoms. The highest BCUT2D eigenvalue weighted by molar-refractivity contribution is 6.06. The van der Waals surface area contributed by atoms with Gasteiger partial charge in [-0.25, -0.2) is 0 Å². The fourth-order valence-corrected chi connectivity index (χ4v) is 2.72. The minimum Gasteiger partial charge on any atom is -0.394 e. The van der Waals surface area contributed by atoms with Crippen LogP contribution in [0.5, 0.6) is 0 Å². The molecular weight excluding hydrogens is 256 g/mol. The second-order valence-corrected chi connectivity index (χ2v) is 5.07. The molecule has 20 heavy (non-hydrogen) atoms. The Kier molecular flexibility index (Phi) is 3.46. The molecule has 0 bridgehead atoms. The van der Waals surface area contributed by atoms with Crippen LogP contribution in [0.1, 0.15) is 10.4 Å². The molecule has 1 aromatic carbocycles. The van der Waals surface area contributed by atoms with Gasteiger partial charge in [0, 0.05) is 36.3 Å². The summed E-state index contributed by atoms with van der Waals surface area (Å²) in [5, 5.41) is 10.3. The third kappa shape index (κ3) is 2.09. The first-order chi connectivity index (χ1) is 9.72. The second-order valence-electron chi connectivity index (χ2n) is 5.07. The molecule has 1 fully saturated rings. The summed E-state index contributed by atoms with van der Waals surface area (Å²) >= 11 is 0. The lowest BCUT2D eigenvalue weighted by molar-refractivity contribution is -0.0183.